The summed E-state index contributed by atoms with van der Waals surface area (Å²) in [7, 11) is 0. The van der Waals surface area contributed by atoms with Gasteiger partial charge in [0.1, 0.15) is 12.4 Å². The maximum atomic E-state index is 12.0. The van der Waals surface area contributed by atoms with Crippen LogP contribution >= 0.6 is 0 Å². The number of carboxylic acids is 1. The summed E-state index contributed by atoms with van der Waals surface area (Å²) >= 11 is 0. The van der Waals surface area contributed by atoms with Gasteiger partial charge in [-0.05, 0) is 42.8 Å². The van der Waals surface area contributed by atoms with Crippen LogP contribution in [0.2, 0.25) is 0 Å². The molecule has 4 heteroatoms. The standard InChI is InChI=1S/C18H16O4/c1-13-2-4-14(5-3-13)6-11-17(19)15-7-9-16(10-8-15)22-12-18(20)21/h2-11H,12H2,1H3,(H,20,21)/p-1/b11-6+. The summed E-state index contributed by atoms with van der Waals surface area (Å²) in [5.41, 5.74) is 2.62. The van der Waals surface area contributed by atoms with E-state index >= 15 is 0 Å². The zero-order chi connectivity index (χ0) is 15.9. The zero-order valence-electron chi connectivity index (χ0n) is 12.1. The van der Waals surface area contributed by atoms with Crippen molar-refractivity contribution in [3.63, 3.8) is 0 Å². The Balaban J connectivity index is 2.00. The van der Waals surface area contributed by atoms with E-state index in [1.54, 1.807) is 30.3 Å². The van der Waals surface area contributed by atoms with Crippen LogP contribution in [0.25, 0.3) is 6.08 Å². The van der Waals surface area contributed by atoms with E-state index in [-0.39, 0.29) is 5.78 Å². The maximum absolute atomic E-state index is 12.0. The third kappa shape index (κ3) is 4.59. The van der Waals surface area contributed by atoms with E-state index in [9.17, 15) is 14.7 Å². The number of aryl methyl sites for hydroxylation is 1. The smallest absolute Gasteiger partial charge is 0.185 e. The van der Waals surface area contributed by atoms with Gasteiger partial charge in [0.15, 0.2) is 5.78 Å². The monoisotopic (exact) mass is 295 g/mol. The van der Waals surface area contributed by atoms with Crippen LogP contribution in [0, 0.1) is 6.92 Å². The van der Waals surface area contributed by atoms with Crippen LogP contribution in [0.15, 0.2) is 54.6 Å². The molecule has 0 aliphatic heterocycles. The van der Waals surface area contributed by atoms with E-state index in [1.165, 1.54) is 6.08 Å². The van der Waals surface area contributed by atoms with Crippen molar-refractivity contribution in [2.24, 2.45) is 0 Å². The number of aliphatic carboxylic acids is 1. The van der Waals surface area contributed by atoms with E-state index < -0.39 is 12.6 Å². The van der Waals surface area contributed by atoms with Crippen LogP contribution in [-0.2, 0) is 4.79 Å². The maximum Gasteiger partial charge on any atom is 0.185 e. The minimum atomic E-state index is -1.29. The fourth-order valence-corrected chi connectivity index (χ4v) is 1.80. The number of carbonyl (C=O) groups excluding carboxylic acids is 2. The van der Waals surface area contributed by atoms with Crippen molar-refractivity contribution in [3.05, 3.63) is 71.3 Å². The Morgan fingerprint density at radius 3 is 2.27 bits per heavy atom. The zero-order valence-corrected chi connectivity index (χ0v) is 12.1. The number of carbonyl (C=O) groups is 2. The number of hydrogen-bond donors (Lipinski definition) is 0. The number of hydrogen-bond acceptors (Lipinski definition) is 4. The third-order valence-electron chi connectivity index (χ3n) is 3.00. The van der Waals surface area contributed by atoms with Gasteiger partial charge in [-0.2, -0.15) is 0 Å². The van der Waals surface area contributed by atoms with E-state index in [0.29, 0.717) is 11.3 Å². The predicted octanol–water partition coefficient (Wildman–Crippen LogP) is 2.02. The summed E-state index contributed by atoms with van der Waals surface area (Å²) in [5.74, 6) is -1.04. The van der Waals surface area contributed by atoms with Crippen molar-refractivity contribution >= 4 is 17.8 Å². The molecule has 0 saturated carbocycles. The summed E-state index contributed by atoms with van der Waals surface area (Å²) in [6, 6.07) is 14.1. The van der Waals surface area contributed by atoms with E-state index in [2.05, 4.69) is 0 Å². The van der Waals surface area contributed by atoms with Gasteiger partial charge in [0, 0.05) is 5.56 Å². The number of allylic oxidation sites excluding steroid dienone is 1. The molecular formula is C18H15O4-. The lowest BCUT2D eigenvalue weighted by Crippen LogP contribution is -2.28. The highest BCUT2D eigenvalue weighted by Gasteiger charge is 2.02. The Bertz CT molecular complexity index is 682. The average Bonchev–Trinajstić information content (AvgIpc) is 2.52. The van der Waals surface area contributed by atoms with Gasteiger partial charge in [-0.3, -0.25) is 4.79 Å². The van der Waals surface area contributed by atoms with Crippen molar-refractivity contribution in [1.82, 2.24) is 0 Å². The molecule has 0 radical (unpaired) electrons. The van der Waals surface area contributed by atoms with Crippen LogP contribution in [0.1, 0.15) is 21.5 Å². The molecular weight excluding hydrogens is 280 g/mol. The Kier molecular flexibility index (Phi) is 5.09. The highest BCUT2D eigenvalue weighted by molar-refractivity contribution is 6.06. The molecule has 2 aromatic carbocycles. The highest BCUT2D eigenvalue weighted by Crippen LogP contribution is 2.13. The molecule has 2 rings (SSSR count). The summed E-state index contributed by atoms with van der Waals surface area (Å²) in [4.78, 5) is 22.3. The molecule has 22 heavy (non-hydrogen) atoms. The molecule has 0 aliphatic carbocycles. The predicted molar refractivity (Wildman–Crippen MR) is 81.5 cm³/mol. The fourth-order valence-electron chi connectivity index (χ4n) is 1.80. The molecule has 112 valence electrons. The van der Waals surface area contributed by atoms with Crippen molar-refractivity contribution in [2.75, 3.05) is 6.61 Å². The average molecular weight is 295 g/mol. The lowest BCUT2D eigenvalue weighted by atomic mass is 10.1. The van der Waals surface area contributed by atoms with Crippen molar-refractivity contribution in [1.29, 1.82) is 0 Å². The molecule has 0 aromatic heterocycles. The third-order valence-corrected chi connectivity index (χ3v) is 3.00. The van der Waals surface area contributed by atoms with Crippen LogP contribution in [0.5, 0.6) is 5.75 Å². The lowest BCUT2D eigenvalue weighted by molar-refractivity contribution is -0.307. The van der Waals surface area contributed by atoms with E-state index in [0.717, 1.165) is 11.1 Å². The highest BCUT2D eigenvalue weighted by atomic mass is 16.5. The second kappa shape index (κ2) is 7.22. The van der Waals surface area contributed by atoms with Gasteiger partial charge < -0.3 is 14.6 Å². The SMILES string of the molecule is Cc1ccc(/C=C/C(=O)c2ccc(OCC(=O)[O-])cc2)cc1. The molecule has 4 nitrogen and oxygen atoms in total. The van der Waals surface area contributed by atoms with E-state index in [4.69, 9.17) is 4.74 Å². The summed E-state index contributed by atoms with van der Waals surface area (Å²) in [5, 5.41) is 10.3. The van der Waals surface area contributed by atoms with Gasteiger partial charge in [0.2, 0.25) is 0 Å². The quantitative estimate of drug-likeness (QED) is 0.604. The van der Waals surface area contributed by atoms with Crippen molar-refractivity contribution in [2.45, 2.75) is 6.92 Å². The number of ketones is 1. The van der Waals surface area contributed by atoms with Crippen LogP contribution in [0.4, 0.5) is 0 Å². The van der Waals surface area contributed by atoms with Gasteiger partial charge in [-0.15, -0.1) is 0 Å². The molecule has 0 heterocycles. The topological polar surface area (TPSA) is 66.4 Å². The summed E-state index contributed by atoms with van der Waals surface area (Å²) in [6.07, 6.45) is 3.25. The normalized spacial score (nSPS) is 10.6. The minimum Gasteiger partial charge on any atom is -0.546 e. The molecule has 0 saturated heterocycles. The minimum absolute atomic E-state index is 0.132. The van der Waals surface area contributed by atoms with Gasteiger partial charge in [0.25, 0.3) is 0 Å². The first kappa shape index (κ1) is 15.5. The summed E-state index contributed by atoms with van der Waals surface area (Å²) < 4.78 is 4.95. The van der Waals surface area contributed by atoms with Gasteiger partial charge in [0.05, 0.1) is 5.97 Å². The summed E-state index contributed by atoms with van der Waals surface area (Å²) in [6.45, 7) is 1.49. The molecule has 0 atom stereocenters. The van der Waals surface area contributed by atoms with Gasteiger partial charge in [-0.1, -0.05) is 35.9 Å². The number of rotatable bonds is 6. The number of ether oxygens (including phenoxy) is 1. The molecule has 0 unspecified atom stereocenters. The molecule has 2 aromatic rings. The molecule has 0 spiro atoms. The second-order valence-electron chi connectivity index (χ2n) is 4.79. The molecule has 0 N–H and O–H groups in total. The lowest BCUT2D eigenvalue weighted by Gasteiger charge is -2.06. The first-order valence-corrected chi connectivity index (χ1v) is 6.76. The van der Waals surface area contributed by atoms with Crippen molar-refractivity contribution < 1.29 is 19.4 Å². The van der Waals surface area contributed by atoms with Gasteiger partial charge >= 0.3 is 0 Å². The Hall–Kier alpha value is -2.88. The molecule has 0 fully saturated rings. The van der Waals surface area contributed by atoms with Crippen LogP contribution in [0.3, 0.4) is 0 Å². The van der Waals surface area contributed by atoms with Crippen LogP contribution in [-0.4, -0.2) is 18.4 Å². The Morgan fingerprint density at radius 1 is 1.05 bits per heavy atom. The Labute approximate surface area is 128 Å². The van der Waals surface area contributed by atoms with Crippen molar-refractivity contribution in [3.8, 4) is 5.75 Å². The van der Waals surface area contributed by atoms with Crippen LogP contribution < -0.4 is 9.84 Å². The fraction of sp³-hybridized carbons (Fsp3) is 0.111. The number of carboxylic acid groups (broad SMARTS) is 1. The number of benzene rings is 2. The molecule has 0 aliphatic rings. The molecule has 0 bridgehead atoms. The van der Waals surface area contributed by atoms with Gasteiger partial charge in [-0.25, -0.2) is 0 Å². The first-order chi connectivity index (χ1) is 10.5. The Morgan fingerprint density at radius 2 is 1.68 bits per heavy atom. The molecule has 0 amide bonds. The first-order valence-electron chi connectivity index (χ1n) is 6.76. The van der Waals surface area contributed by atoms with E-state index in [1.807, 2.05) is 31.2 Å². The largest absolute Gasteiger partial charge is 0.546 e. The second-order valence-corrected chi connectivity index (χ2v) is 4.79.